The van der Waals surface area contributed by atoms with Crippen molar-refractivity contribution in [1.29, 1.82) is 0 Å². The molecule has 1 atom stereocenters. The summed E-state index contributed by atoms with van der Waals surface area (Å²) in [5.41, 5.74) is 2.87. The summed E-state index contributed by atoms with van der Waals surface area (Å²) in [6.07, 6.45) is 1.28. The van der Waals surface area contributed by atoms with E-state index in [0.29, 0.717) is 0 Å². The van der Waals surface area contributed by atoms with Crippen LogP contribution in [0.25, 0.3) is 0 Å². The summed E-state index contributed by atoms with van der Waals surface area (Å²) in [4.78, 5) is 11.4. The van der Waals surface area contributed by atoms with E-state index in [0.717, 1.165) is 22.2 Å². The van der Waals surface area contributed by atoms with E-state index in [1.54, 1.807) is 24.5 Å². The van der Waals surface area contributed by atoms with E-state index in [9.17, 15) is 5.11 Å². The SMILES string of the molecule is CC(O)c1cnc(N(C)Cc2cscn2)s1. The van der Waals surface area contributed by atoms with Gasteiger partial charge in [-0.25, -0.2) is 9.97 Å². The number of hydrogen-bond donors (Lipinski definition) is 1. The van der Waals surface area contributed by atoms with Gasteiger partial charge in [0.2, 0.25) is 0 Å². The number of thiazole rings is 2. The normalized spacial score (nSPS) is 12.7. The summed E-state index contributed by atoms with van der Waals surface area (Å²) in [6, 6.07) is 0. The topological polar surface area (TPSA) is 49.3 Å². The Hall–Kier alpha value is -0.980. The quantitative estimate of drug-likeness (QED) is 0.910. The fourth-order valence-electron chi connectivity index (χ4n) is 1.27. The summed E-state index contributed by atoms with van der Waals surface area (Å²) in [5, 5.41) is 12.4. The van der Waals surface area contributed by atoms with Gasteiger partial charge in [-0.1, -0.05) is 11.3 Å². The number of aliphatic hydroxyl groups is 1. The highest BCUT2D eigenvalue weighted by Gasteiger charge is 2.11. The second-order valence-corrected chi connectivity index (χ2v) is 5.32. The summed E-state index contributed by atoms with van der Waals surface area (Å²) in [7, 11) is 1.98. The molecule has 0 amide bonds. The van der Waals surface area contributed by atoms with Crippen molar-refractivity contribution in [3.05, 3.63) is 27.7 Å². The predicted octanol–water partition coefficient (Wildman–Crippen LogP) is 2.29. The van der Waals surface area contributed by atoms with Crippen molar-refractivity contribution in [1.82, 2.24) is 9.97 Å². The van der Waals surface area contributed by atoms with Gasteiger partial charge in [0.15, 0.2) is 5.13 Å². The second kappa shape index (κ2) is 4.90. The molecule has 0 saturated carbocycles. The van der Waals surface area contributed by atoms with Crippen LogP contribution in [0, 0.1) is 0 Å². The van der Waals surface area contributed by atoms with Crippen LogP contribution >= 0.6 is 22.7 Å². The first-order valence-electron chi connectivity index (χ1n) is 4.89. The Kier molecular flexibility index (Phi) is 3.52. The predicted molar refractivity (Wildman–Crippen MR) is 67.0 cm³/mol. The van der Waals surface area contributed by atoms with Crippen molar-refractivity contribution in [2.24, 2.45) is 0 Å². The zero-order chi connectivity index (χ0) is 11.5. The third-order valence-corrected chi connectivity index (χ3v) is 4.05. The van der Waals surface area contributed by atoms with Crippen molar-refractivity contribution in [2.75, 3.05) is 11.9 Å². The van der Waals surface area contributed by atoms with Gasteiger partial charge >= 0.3 is 0 Å². The van der Waals surface area contributed by atoms with Crippen LogP contribution in [0.4, 0.5) is 5.13 Å². The zero-order valence-electron chi connectivity index (χ0n) is 9.12. The van der Waals surface area contributed by atoms with Gasteiger partial charge in [-0.2, -0.15) is 0 Å². The Balaban J connectivity index is 2.06. The van der Waals surface area contributed by atoms with Gasteiger partial charge in [-0.3, -0.25) is 0 Å². The van der Waals surface area contributed by atoms with Gasteiger partial charge in [-0.05, 0) is 6.92 Å². The third kappa shape index (κ3) is 2.58. The maximum Gasteiger partial charge on any atom is 0.185 e. The first kappa shape index (κ1) is 11.5. The molecule has 0 aliphatic rings. The minimum Gasteiger partial charge on any atom is -0.388 e. The molecular formula is C10H13N3OS2. The molecule has 16 heavy (non-hydrogen) atoms. The van der Waals surface area contributed by atoms with Gasteiger partial charge < -0.3 is 10.0 Å². The van der Waals surface area contributed by atoms with Crippen molar-refractivity contribution in [3.63, 3.8) is 0 Å². The third-order valence-electron chi connectivity index (χ3n) is 2.13. The Morgan fingerprint density at radius 2 is 2.31 bits per heavy atom. The van der Waals surface area contributed by atoms with E-state index in [4.69, 9.17) is 0 Å². The molecule has 6 heteroatoms. The summed E-state index contributed by atoms with van der Waals surface area (Å²) in [5.74, 6) is 0. The lowest BCUT2D eigenvalue weighted by molar-refractivity contribution is 0.203. The largest absolute Gasteiger partial charge is 0.388 e. The van der Waals surface area contributed by atoms with E-state index in [1.165, 1.54) is 11.3 Å². The van der Waals surface area contributed by atoms with Gasteiger partial charge in [0.05, 0.1) is 28.7 Å². The number of anilines is 1. The molecule has 1 unspecified atom stereocenters. The molecule has 86 valence electrons. The summed E-state index contributed by atoms with van der Waals surface area (Å²) >= 11 is 3.10. The molecule has 0 aromatic carbocycles. The molecule has 0 bridgehead atoms. The first-order valence-corrected chi connectivity index (χ1v) is 6.64. The van der Waals surface area contributed by atoms with Crippen molar-refractivity contribution in [3.8, 4) is 0 Å². The lowest BCUT2D eigenvalue weighted by atomic mass is 10.4. The Morgan fingerprint density at radius 1 is 1.50 bits per heavy atom. The highest BCUT2D eigenvalue weighted by molar-refractivity contribution is 7.15. The Morgan fingerprint density at radius 3 is 2.88 bits per heavy atom. The van der Waals surface area contributed by atoms with E-state index in [2.05, 4.69) is 9.97 Å². The van der Waals surface area contributed by atoms with Gasteiger partial charge in [0, 0.05) is 18.6 Å². The minimum absolute atomic E-state index is 0.445. The number of nitrogens with zero attached hydrogens (tertiary/aromatic N) is 3. The van der Waals surface area contributed by atoms with Crippen molar-refractivity contribution < 1.29 is 5.11 Å². The van der Waals surface area contributed by atoms with E-state index in [1.807, 2.05) is 22.8 Å². The van der Waals surface area contributed by atoms with Crippen molar-refractivity contribution in [2.45, 2.75) is 19.6 Å². The molecule has 4 nitrogen and oxygen atoms in total. The van der Waals surface area contributed by atoms with E-state index in [-0.39, 0.29) is 0 Å². The molecule has 0 aliphatic heterocycles. The maximum atomic E-state index is 9.42. The van der Waals surface area contributed by atoms with Crippen LogP contribution in [-0.2, 0) is 6.54 Å². The highest BCUT2D eigenvalue weighted by atomic mass is 32.1. The number of hydrogen-bond acceptors (Lipinski definition) is 6. The molecule has 0 radical (unpaired) electrons. The molecular weight excluding hydrogens is 242 g/mol. The van der Waals surface area contributed by atoms with Crippen LogP contribution in [0.3, 0.4) is 0 Å². The highest BCUT2D eigenvalue weighted by Crippen LogP contribution is 2.26. The van der Waals surface area contributed by atoms with Crippen LogP contribution in [-0.4, -0.2) is 22.1 Å². The number of aromatic nitrogens is 2. The summed E-state index contributed by atoms with van der Waals surface area (Å²) in [6.45, 7) is 2.49. The van der Waals surface area contributed by atoms with Gasteiger partial charge in [0.1, 0.15) is 0 Å². The number of aliphatic hydroxyl groups excluding tert-OH is 1. The monoisotopic (exact) mass is 255 g/mol. The molecule has 1 N–H and O–H groups in total. The molecule has 2 aromatic heterocycles. The molecule has 2 aromatic rings. The Labute approximate surface area is 102 Å². The standard InChI is InChI=1S/C10H13N3OS2/c1-7(14)9-3-11-10(16-9)13(2)4-8-5-15-6-12-8/h3,5-7,14H,4H2,1-2H3. The van der Waals surface area contributed by atoms with Gasteiger partial charge in [0.25, 0.3) is 0 Å². The average Bonchev–Trinajstić information content (AvgIpc) is 2.86. The molecule has 0 spiro atoms. The van der Waals surface area contributed by atoms with Crippen LogP contribution in [0.2, 0.25) is 0 Å². The Bertz CT molecular complexity index is 439. The lowest BCUT2D eigenvalue weighted by Crippen LogP contribution is -2.16. The zero-order valence-corrected chi connectivity index (χ0v) is 10.8. The van der Waals surface area contributed by atoms with Crippen molar-refractivity contribution >= 4 is 27.8 Å². The van der Waals surface area contributed by atoms with Crippen LogP contribution < -0.4 is 4.90 Å². The van der Waals surface area contributed by atoms with E-state index < -0.39 is 6.10 Å². The molecule has 0 aliphatic carbocycles. The smallest absolute Gasteiger partial charge is 0.185 e. The number of rotatable bonds is 4. The van der Waals surface area contributed by atoms with E-state index >= 15 is 0 Å². The molecule has 0 saturated heterocycles. The average molecular weight is 255 g/mol. The minimum atomic E-state index is -0.445. The van der Waals surface area contributed by atoms with Crippen LogP contribution in [0.1, 0.15) is 23.6 Å². The molecule has 0 fully saturated rings. The summed E-state index contributed by atoms with van der Waals surface area (Å²) < 4.78 is 0. The fourth-order valence-corrected chi connectivity index (χ4v) is 2.63. The first-order chi connectivity index (χ1) is 7.66. The molecule has 2 rings (SSSR count). The lowest BCUT2D eigenvalue weighted by Gasteiger charge is -2.13. The maximum absolute atomic E-state index is 9.42. The molecule has 2 heterocycles. The van der Waals surface area contributed by atoms with Gasteiger partial charge in [-0.15, -0.1) is 11.3 Å². The van der Waals surface area contributed by atoms with Crippen LogP contribution in [0.5, 0.6) is 0 Å². The second-order valence-electron chi connectivity index (χ2n) is 3.56. The van der Waals surface area contributed by atoms with Crippen LogP contribution in [0.15, 0.2) is 17.1 Å². The fraction of sp³-hybridized carbons (Fsp3) is 0.400.